The van der Waals surface area contributed by atoms with Gasteiger partial charge in [-0.2, -0.15) is 0 Å². The Hall–Kier alpha value is -4.13. The van der Waals surface area contributed by atoms with Crippen LogP contribution in [0.4, 0.5) is 16.2 Å². The topological polar surface area (TPSA) is 95.9 Å². The number of ketones is 1. The van der Waals surface area contributed by atoms with Crippen molar-refractivity contribution >= 4 is 29.2 Å². The van der Waals surface area contributed by atoms with Gasteiger partial charge < -0.3 is 15.2 Å². The Balaban J connectivity index is 1.37. The number of carboxylic acids is 1. The van der Waals surface area contributed by atoms with Crippen molar-refractivity contribution in [3.63, 3.8) is 0 Å². The van der Waals surface area contributed by atoms with Crippen LogP contribution in [0.1, 0.15) is 43.0 Å². The molecule has 7 heteroatoms. The van der Waals surface area contributed by atoms with Crippen molar-refractivity contribution in [2.75, 3.05) is 16.8 Å². The molecule has 1 saturated carbocycles. The molecule has 2 N–H and O–H groups in total. The molecule has 1 heterocycles. The molecule has 7 nitrogen and oxygen atoms in total. The molecule has 2 amide bonds. The minimum absolute atomic E-state index is 0.101. The molecule has 5 rings (SSSR count). The number of nitrogens with zero attached hydrogens (tertiary/aromatic N) is 1. The fraction of sp³-hybridized carbons (Fsp3) is 0.300. The maximum atomic E-state index is 13.1. The van der Waals surface area contributed by atoms with E-state index in [1.807, 2.05) is 67.6 Å². The Bertz CT molecular complexity index is 1310. The highest BCUT2D eigenvalue weighted by Crippen LogP contribution is 2.39. The summed E-state index contributed by atoms with van der Waals surface area (Å²) in [6.45, 7) is 2.48. The normalized spacial score (nSPS) is 20.6. The average Bonchev–Trinajstić information content (AvgIpc) is 3.43. The average molecular weight is 499 g/mol. The first-order valence-corrected chi connectivity index (χ1v) is 12.8. The lowest BCUT2D eigenvalue weighted by Gasteiger charge is -2.35. The molecule has 1 fully saturated rings. The first-order chi connectivity index (χ1) is 17.9. The van der Waals surface area contributed by atoms with E-state index in [0.29, 0.717) is 36.4 Å². The Morgan fingerprint density at radius 3 is 2.35 bits per heavy atom. The number of urea groups is 1. The zero-order valence-electron chi connectivity index (χ0n) is 20.7. The number of aliphatic carboxylic acids is 1. The van der Waals surface area contributed by atoms with Gasteiger partial charge in [-0.3, -0.25) is 14.5 Å². The number of benzene rings is 3. The molecular formula is C30H30N2O5. The highest BCUT2D eigenvalue weighted by molar-refractivity contribution is 6.03. The van der Waals surface area contributed by atoms with Gasteiger partial charge in [-0.1, -0.05) is 61.9 Å². The van der Waals surface area contributed by atoms with Crippen LogP contribution in [-0.4, -0.2) is 35.5 Å². The highest BCUT2D eigenvalue weighted by Gasteiger charge is 2.38. The monoisotopic (exact) mass is 498 g/mol. The summed E-state index contributed by atoms with van der Waals surface area (Å²) < 4.78 is 6.21. The molecule has 1 unspecified atom stereocenters. The maximum Gasteiger partial charge on any atom is 0.326 e. The molecule has 1 aliphatic carbocycles. The van der Waals surface area contributed by atoms with E-state index in [4.69, 9.17) is 4.74 Å². The molecular weight excluding hydrogens is 468 g/mol. The largest absolute Gasteiger partial charge is 0.486 e. The molecule has 0 bridgehead atoms. The molecule has 0 aromatic heterocycles. The van der Waals surface area contributed by atoms with Crippen molar-refractivity contribution in [3.05, 3.63) is 78.4 Å². The van der Waals surface area contributed by atoms with Crippen LogP contribution in [0.2, 0.25) is 0 Å². The van der Waals surface area contributed by atoms with Gasteiger partial charge in [0.2, 0.25) is 0 Å². The van der Waals surface area contributed by atoms with Gasteiger partial charge in [-0.15, -0.1) is 0 Å². The SMILES string of the molecule is CCC1CN(C(=O)Nc2ccccc2)c2ccc(-c3ccc(C(=O)[C@@H]4CCC[C@H]4C(=O)O)cc3)cc2O1. The lowest BCUT2D eigenvalue weighted by molar-refractivity contribution is -0.142. The molecule has 0 saturated heterocycles. The van der Waals surface area contributed by atoms with Crippen molar-refractivity contribution in [1.82, 2.24) is 0 Å². The van der Waals surface area contributed by atoms with E-state index < -0.39 is 17.8 Å². The summed E-state index contributed by atoms with van der Waals surface area (Å²) in [5.41, 5.74) is 3.78. The lowest BCUT2D eigenvalue weighted by Crippen LogP contribution is -2.45. The smallest absolute Gasteiger partial charge is 0.326 e. The van der Waals surface area contributed by atoms with Crippen molar-refractivity contribution < 1.29 is 24.2 Å². The number of anilines is 2. The summed E-state index contributed by atoms with van der Waals surface area (Å²) in [6.07, 6.45) is 2.57. The first-order valence-electron chi connectivity index (χ1n) is 12.8. The number of ether oxygens (including phenoxy) is 1. The van der Waals surface area contributed by atoms with E-state index in [2.05, 4.69) is 5.32 Å². The fourth-order valence-electron chi connectivity index (χ4n) is 5.26. The van der Waals surface area contributed by atoms with Crippen LogP contribution < -0.4 is 15.0 Å². The van der Waals surface area contributed by atoms with Gasteiger partial charge in [0.1, 0.15) is 11.9 Å². The van der Waals surface area contributed by atoms with E-state index in [0.717, 1.165) is 29.7 Å². The van der Waals surface area contributed by atoms with Gasteiger partial charge in [0.25, 0.3) is 0 Å². The minimum atomic E-state index is -0.890. The van der Waals surface area contributed by atoms with Crippen LogP contribution in [0.25, 0.3) is 11.1 Å². The van der Waals surface area contributed by atoms with Gasteiger partial charge in [-0.05, 0) is 54.7 Å². The molecule has 0 spiro atoms. The summed E-state index contributed by atoms with van der Waals surface area (Å²) in [4.78, 5) is 39.3. The van der Waals surface area contributed by atoms with Gasteiger partial charge >= 0.3 is 12.0 Å². The van der Waals surface area contributed by atoms with Crippen molar-refractivity contribution in [3.8, 4) is 16.9 Å². The summed E-state index contributed by atoms with van der Waals surface area (Å²) in [5.74, 6) is -1.42. The van der Waals surface area contributed by atoms with Gasteiger partial charge in [0.15, 0.2) is 5.78 Å². The second kappa shape index (κ2) is 10.5. The van der Waals surface area contributed by atoms with Crippen LogP contribution in [-0.2, 0) is 4.79 Å². The number of carboxylic acid groups (broad SMARTS) is 1. The maximum absolute atomic E-state index is 13.1. The molecule has 2 aliphatic rings. The predicted octanol–water partition coefficient (Wildman–Crippen LogP) is 6.25. The number of Topliss-reactive ketones (excluding diaryl/α,β-unsaturated/α-hetero) is 1. The Labute approximate surface area is 216 Å². The number of hydrogen-bond donors (Lipinski definition) is 2. The number of carbonyl (C=O) groups excluding carboxylic acids is 2. The quantitative estimate of drug-likeness (QED) is 0.392. The first kappa shape index (κ1) is 24.6. The number of fused-ring (bicyclic) bond motifs is 1. The second-order valence-electron chi connectivity index (χ2n) is 9.66. The number of nitrogens with one attached hydrogen (secondary N) is 1. The van der Waals surface area contributed by atoms with E-state index in [1.54, 1.807) is 17.0 Å². The highest BCUT2D eigenvalue weighted by atomic mass is 16.5. The Morgan fingerprint density at radius 2 is 1.65 bits per heavy atom. The standard InChI is InChI=1S/C30H30N2O5/c1-2-23-18-32(30(36)31-22-7-4-3-5-8-22)26-16-15-21(17-27(26)37-23)19-11-13-20(14-12-19)28(33)24-9-6-10-25(24)29(34)35/h3-5,7-8,11-17,23-25H,2,6,9-10,18H2,1H3,(H,31,36)(H,34,35)/t23?,24-,25-/m1/s1. The van der Waals surface area contributed by atoms with Gasteiger partial charge in [0.05, 0.1) is 18.2 Å². The van der Waals surface area contributed by atoms with Gasteiger partial charge in [-0.25, -0.2) is 4.79 Å². The molecule has 3 aromatic rings. The van der Waals surface area contributed by atoms with Crippen molar-refractivity contribution in [1.29, 1.82) is 0 Å². The number of carbonyl (C=O) groups is 3. The summed E-state index contributed by atoms with van der Waals surface area (Å²) in [7, 11) is 0. The van der Waals surface area contributed by atoms with Crippen LogP contribution in [0.15, 0.2) is 72.8 Å². The molecule has 3 aromatic carbocycles. The molecule has 190 valence electrons. The number of amides is 2. The summed E-state index contributed by atoms with van der Waals surface area (Å²) in [5, 5.41) is 12.4. The zero-order chi connectivity index (χ0) is 25.9. The van der Waals surface area contributed by atoms with Crippen LogP contribution in [0.5, 0.6) is 5.75 Å². The van der Waals surface area contributed by atoms with Crippen molar-refractivity contribution in [2.45, 2.75) is 38.7 Å². The predicted molar refractivity (Wildman–Crippen MR) is 142 cm³/mol. The number of hydrogen-bond acceptors (Lipinski definition) is 4. The van der Waals surface area contributed by atoms with Crippen LogP contribution in [0.3, 0.4) is 0 Å². The minimum Gasteiger partial charge on any atom is -0.486 e. The molecule has 37 heavy (non-hydrogen) atoms. The second-order valence-corrected chi connectivity index (χ2v) is 9.66. The van der Waals surface area contributed by atoms with E-state index in [9.17, 15) is 19.5 Å². The number of para-hydroxylation sites is 1. The third kappa shape index (κ3) is 5.07. The van der Waals surface area contributed by atoms with Crippen LogP contribution >= 0.6 is 0 Å². The summed E-state index contributed by atoms with van der Waals surface area (Å²) in [6, 6.07) is 22.2. The van der Waals surface area contributed by atoms with Gasteiger partial charge in [0, 0.05) is 17.2 Å². The molecule has 3 atom stereocenters. The van der Waals surface area contributed by atoms with E-state index >= 15 is 0 Å². The van der Waals surface area contributed by atoms with Crippen molar-refractivity contribution in [2.24, 2.45) is 11.8 Å². The Kier molecular flexibility index (Phi) is 6.95. The van der Waals surface area contributed by atoms with E-state index in [-0.39, 0.29) is 17.9 Å². The van der Waals surface area contributed by atoms with E-state index in [1.165, 1.54) is 0 Å². The zero-order valence-corrected chi connectivity index (χ0v) is 20.7. The molecule has 0 radical (unpaired) electrons. The fourth-order valence-corrected chi connectivity index (χ4v) is 5.26. The summed E-state index contributed by atoms with van der Waals surface area (Å²) >= 11 is 0. The molecule has 1 aliphatic heterocycles. The van der Waals surface area contributed by atoms with Crippen LogP contribution in [0, 0.1) is 11.8 Å². The Morgan fingerprint density at radius 1 is 0.946 bits per heavy atom. The lowest BCUT2D eigenvalue weighted by atomic mass is 9.88. The third-order valence-electron chi connectivity index (χ3n) is 7.33. The third-order valence-corrected chi connectivity index (χ3v) is 7.33. The number of rotatable bonds is 6.